The van der Waals surface area contributed by atoms with E-state index in [9.17, 15) is 0 Å². The van der Waals surface area contributed by atoms with Crippen LogP contribution < -0.4 is 0 Å². The van der Waals surface area contributed by atoms with E-state index in [4.69, 9.17) is 9.97 Å². The zero-order valence-electron chi connectivity index (χ0n) is 29.0. The molecule has 0 radical (unpaired) electrons. The van der Waals surface area contributed by atoms with Crippen molar-refractivity contribution in [3.05, 3.63) is 170 Å². The summed E-state index contributed by atoms with van der Waals surface area (Å²) in [5.41, 5.74) is 11.1. The molecule has 4 heteroatoms. The van der Waals surface area contributed by atoms with Crippen LogP contribution >= 0.6 is 0 Å². The van der Waals surface area contributed by atoms with Crippen molar-refractivity contribution < 1.29 is 0 Å². The van der Waals surface area contributed by atoms with E-state index < -0.39 is 0 Å². The van der Waals surface area contributed by atoms with Crippen LogP contribution in [0.4, 0.5) is 0 Å². The Hall–Kier alpha value is -7.30. The normalized spacial score (nSPS) is 12.4. The zero-order valence-corrected chi connectivity index (χ0v) is 29.0. The summed E-state index contributed by atoms with van der Waals surface area (Å²) < 4.78 is 4.67. The van der Waals surface area contributed by atoms with Crippen LogP contribution in [0.1, 0.15) is 0 Å². The molecular formula is C50H28N4. The molecule has 3 heterocycles. The van der Waals surface area contributed by atoms with Gasteiger partial charge in [0.1, 0.15) is 0 Å². The third-order valence-corrected chi connectivity index (χ3v) is 11.8. The Kier molecular flexibility index (Phi) is 5.34. The summed E-state index contributed by atoms with van der Waals surface area (Å²) in [7, 11) is 0. The maximum Gasteiger partial charge on any atom is 0.235 e. The van der Waals surface area contributed by atoms with E-state index in [-0.39, 0.29) is 0 Å². The number of rotatable bonds is 3. The van der Waals surface area contributed by atoms with Gasteiger partial charge in [-0.2, -0.15) is 0 Å². The van der Waals surface area contributed by atoms with Gasteiger partial charge in [-0.15, -0.1) is 0 Å². The quantitative estimate of drug-likeness (QED) is 0.174. The lowest BCUT2D eigenvalue weighted by atomic mass is 9.93. The summed E-state index contributed by atoms with van der Waals surface area (Å²) in [5, 5.41) is 13.7. The van der Waals surface area contributed by atoms with E-state index in [1.165, 1.54) is 70.5 Å². The minimum absolute atomic E-state index is 0.670. The molecule has 0 atom stereocenters. The molecular weight excluding hydrogens is 657 g/mol. The Morgan fingerprint density at radius 3 is 1.83 bits per heavy atom. The van der Waals surface area contributed by atoms with Crippen molar-refractivity contribution in [1.82, 2.24) is 19.1 Å². The summed E-state index contributed by atoms with van der Waals surface area (Å²) in [4.78, 5) is 10.9. The van der Waals surface area contributed by atoms with Gasteiger partial charge in [0, 0.05) is 43.6 Å². The highest BCUT2D eigenvalue weighted by Crippen LogP contribution is 2.49. The lowest BCUT2D eigenvalue weighted by Gasteiger charge is -2.14. The van der Waals surface area contributed by atoms with Crippen molar-refractivity contribution in [3.8, 4) is 34.0 Å². The number of benzene rings is 9. The largest absolute Gasteiger partial charge is 0.309 e. The highest BCUT2D eigenvalue weighted by atomic mass is 15.2. The second-order valence-electron chi connectivity index (χ2n) is 14.5. The standard InChI is InChI=1S/C50H28N4/c1-2-11-33(12-3-1)53-40-18-7-5-13-34(40)35-26-24-32(28-43(35)53)49-38-14-4-6-17-39(38)51-50(52-49)54-41-19-9-16-37-36-15-8-10-29-20-21-30-22-23-31-25-27-42(54)48(47(37)41)46(31)45(30)44(29)36/h1-28H. The zero-order chi connectivity index (χ0) is 35.1. The number of fused-ring (bicyclic) bond motifs is 5. The van der Waals surface area contributed by atoms with Crippen LogP contribution in [0.25, 0.3) is 121 Å². The minimum Gasteiger partial charge on any atom is -0.309 e. The smallest absolute Gasteiger partial charge is 0.235 e. The Morgan fingerprint density at radius 2 is 0.981 bits per heavy atom. The highest BCUT2D eigenvalue weighted by Gasteiger charge is 2.25. The van der Waals surface area contributed by atoms with E-state index in [0.29, 0.717) is 5.95 Å². The summed E-state index contributed by atoms with van der Waals surface area (Å²) in [6.07, 6.45) is 0. The second-order valence-corrected chi connectivity index (χ2v) is 14.5. The van der Waals surface area contributed by atoms with Gasteiger partial charge in [-0.1, -0.05) is 127 Å². The first-order valence-electron chi connectivity index (χ1n) is 18.5. The monoisotopic (exact) mass is 684 g/mol. The summed E-state index contributed by atoms with van der Waals surface area (Å²) in [6, 6.07) is 61.6. The van der Waals surface area contributed by atoms with Gasteiger partial charge in [0.15, 0.2) is 0 Å². The van der Waals surface area contributed by atoms with Gasteiger partial charge in [0.2, 0.25) is 5.95 Å². The molecule has 0 aliphatic heterocycles. The maximum atomic E-state index is 5.55. The van der Waals surface area contributed by atoms with Crippen molar-refractivity contribution in [2.24, 2.45) is 0 Å². The third kappa shape index (κ3) is 3.57. The highest BCUT2D eigenvalue weighted by molar-refractivity contribution is 6.38. The molecule has 1 aliphatic carbocycles. The Morgan fingerprint density at radius 1 is 0.352 bits per heavy atom. The maximum absolute atomic E-state index is 5.55. The van der Waals surface area contributed by atoms with Gasteiger partial charge < -0.3 is 4.57 Å². The van der Waals surface area contributed by atoms with Gasteiger partial charge in [-0.25, -0.2) is 9.97 Å². The molecule has 0 saturated carbocycles. The van der Waals surface area contributed by atoms with Crippen molar-refractivity contribution in [2.75, 3.05) is 0 Å². The molecule has 1 aliphatic rings. The van der Waals surface area contributed by atoms with Crippen LogP contribution in [0.3, 0.4) is 0 Å². The number of aromatic nitrogens is 4. The second kappa shape index (κ2) is 10.2. The Balaban J connectivity index is 1.15. The molecule has 13 rings (SSSR count). The summed E-state index contributed by atoms with van der Waals surface area (Å²) in [6.45, 7) is 0. The first-order chi connectivity index (χ1) is 26.8. The van der Waals surface area contributed by atoms with Crippen molar-refractivity contribution >= 4 is 86.8 Å². The topological polar surface area (TPSA) is 35.6 Å². The lowest BCUT2D eigenvalue weighted by Crippen LogP contribution is -2.03. The predicted molar refractivity (Wildman–Crippen MR) is 225 cm³/mol. The summed E-state index contributed by atoms with van der Waals surface area (Å²) >= 11 is 0. The average molecular weight is 685 g/mol. The predicted octanol–water partition coefficient (Wildman–Crippen LogP) is 12.9. The molecule has 0 fully saturated rings. The van der Waals surface area contributed by atoms with E-state index in [1.54, 1.807) is 0 Å². The van der Waals surface area contributed by atoms with E-state index in [2.05, 4.69) is 179 Å². The van der Waals surface area contributed by atoms with Crippen molar-refractivity contribution in [2.45, 2.75) is 0 Å². The average Bonchev–Trinajstić information content (AvgIpc) is 3.71. The Bertz CT molecular complexity index is 3600. The molecule has 0 saturated heterocycles. The minimum atomic E-state index is 0.670. The van der Waals surface area contributed by atoms with Crippen LogP contribution in [-0.2, 0) is 0 Å². The van der Waals surface area contributed by atoms with Crippen LogP contribution in [-0.4, -0.2) is 19.1 Å². The van der Waals surface area contributed by atoms with Crippen LogP contribution in [0.5, 0.6) is 0 Å². The van der Waals surface area contributed by atoms with Crippen LogP contribution in [0, 0.1) is 0 Å². The molecule has 9 aromatic carbocycles. The molecule has 4 nitrogen and oxygen atoms in total. The Labute approximate surface area is 308 Å². The van der Waals surface area contributed by atoms with Crippen LogP contribution in [0.2, 0.25) is 0 Å². The van der Waals surface area contributed by atoms with Crippen molar-refractivity contribution in [1.29, 1.82) is 0 Å². The van der Waals surface area contributed by atoms with E-state index in [1.807, 2.05) is 0 Å². The van der Waals surface area contributed by atoms with Crippen LogP contribution in [0.15, 0.2) is 170 Å². The number of nitrogens with zero attached hydrogens (tertiary/aromatic N) is 4. The van der Waals surface area contributed by atoms with Gasteiger partial charge in [-0.05, 0) is 80.5 Å². The molecule has 54 heavy (non-hydrogen) atoms. The van der Waals surface area contributed by atoms with Gasteiger partial charge >= 0.3 is 0 Å². The third-order valence-electron chi connectivity index (χ3n) is 11.8. The molecule has 0 bridgehead atoms. The molecule has 0 spiro atoms. The molecule has 0 N–H and O–H groups in total. The van der Waals surface area contributed by atoms with Gasteiger partial charge in [0.05, 0.1) is 33.3 Å². The fraction of sp³-hybridized carbons (Fsp3) is 0. The molecule has 3 aromatic heterocycles. The molecule has 0 amide bonds. The van der Waals surface area contributed by atoms with E-state index in [0.717, 1.165) is 44.4 Å². The van der Waals surface area contributed by atoms with Crippen molar-refractivity contribution in [3.63, 3.8) is 0 Å². The van der Waals surface area contributed by atoms with Gasteiger partial charge in [-0.3, -0.25) is 4.57 Å². The number of hydrogen-bond acceptors (Lipinski definition) is 2. The SMILES string of the molecule is c1ccc(-n2c3ccccc3c3ccc(-c4nc(-n5c6cccc7c6c6c8c(ccc9ccc%10cccc-7c%10c98)ccc65)nc5ccccc45)cc32)cc1. The molecule has 248 valence electrons. The fourth-order valence-corrected chi connectivity index (χ4v) is 9.58. The lowest BCUT2D eigenvalue weighted by molar-refractivity contribution is 1.01. The molecule has 0 unspecified atom stereocenters. The van der Waals surface area contributed by atoms with Gasteiger partial charge in [0.25, 0.3) is 0 Å². The number of hydrogen-bond donors (Lipinski definition) is 0. The first kappa shape index (κ1) is 28.3. The molecule has 12 aromatic rings. The van der Waals surface area contributed by atoms with E-state index >= 15 is 0 Å². The summed E-state index contributed by atoms with van der Waals surface area (Å²) in [5.74, 6) is 0.670. The number of para-hydroxylation sites is 3. The fourth-order valence-electron chi connectivity index (χ4n) is 9.58. The first-order valence-corrected chi connectivity index (χ1v) is 18.5.